The van der Waals surface area contributed by atoms with Gasteiger partial charge >= 0.3 is 0 Å². The molecule has 0 saturated heterocycles. The molecule has 2 aromatic heterocycles. The molecule has 0 unspecified atom stereocenters. The zero-order valence-electron chi connectivity index (χ0n) is 10.5. The van der Waals surface area contributed by atoms with Crippen molar-refractivity contribution in [3.63, 3.8) is 0 Å². The summed E-state index contributed by atoms with van der Waals surface area (Å²) in [5, 5.41) is 8.06. The van der Waals surface area contributed by atoms with Crippen molar-refractivity contribution in [2.75, 3.05) is 11.9 Å². The standard InChI is InChI=1S/C14H16N4/c1-3-9-18-10(2)11-6-8-16-14-12(13(11)17-18)5-4-7-15-14/h3-5,7H,1,6,8-9H2,2H3,(H,15,16). The number of hydrogen-bond acceptors (Lipinski definition) is 3. The fourth-order valence-corrected chi connectivity index (χ4v) is 2.44. The van der Waals surface area contributed by atoms with E-state index in [2.05, 4.69) is 29.9 Å². The maximum atomic E-state index is 4.71. The summed E-state index contributed by atoms with van der Waals surface area (Å²) in [6.45, 7) is 7.55. The van der Waals surface area contributed by atoms with Crippen molar-refractivity contribution in [3.05, 3.63) is 42.2 Å². The van der Waals surface area contributed by atoms with Gasteiger partial charge in [-0.1, -0.05) is 6.08 Å². The molecule has 4 nitrogen and oxygen atoms in total. The highest BCUT2D eigenvalue weighted by Crippen LogP contribution is 2.32. The second-order valence-corrected chi connectivity index (χ2v) is 4.46. The lowest BCUT2D eigenvalue weighted by atomic mass is 10.1. The number of allylic oxidation sites excluding steroid dienone is 1. The first-order valence-corrected chi connectivity index (χ1v) is 6.17. The molecule has 0 spiro atoms. The molecule has 0 radical (unpaired) electrons. The second-order valence-electron chi connectivity index (χ2n) is 4.46. The minimum Gasteiger partial charge on any atom is -0.369 e. The van der Waals surface area contributed by atoms with E-state index in [1.165, 1.54) is 11.3 Å². The van der Waals surface area contributed by atoms with E-state index in [0.717, 1.165) is 36.6 Å². The van der Waals surface area contributed by atoms with Gasteiger partial charge in [0.1, 0.15) is 5.82 Å². The Hall–Kier alpha value is -2.10. The SMILES string of the molecule is C=CCn1nc2c(c1C)CCNc1ncccc1-2. The third-order valence-corrected chi connectivity index (χ3v) is 3.36. The Labute approximate surface area is 106 Å². The predicted molar refractivity (Wildman–Crippen MR) is 72.6 cm³/mol. The molecule has 2 aromatic rings. The topological polar surface area (TPSA) is 42.7 Å². The molecular weight excluding hydrogens is 224 g/mol. The highest BCUT2D eigenvalue weighted by atomic mass is 15.3. The zero-order chi connectivity index (χ0) is 12.5. The van der Waals surface area contributed by atoms with Crippen molar-refractivity contribution in [1.29, 1.82) is 0 Å². The van der Waals surface area contributed by atoms with Crippen LogP contribution in [0.25, 0.3) is 11.3 Å². The maximum Gasteiger partial charge on any atom is 0.135 e. The Morgan fingerprint density at radius 2 is 2.44 bits per heavy atom. The molecule has 18 heavy (non-hydrogen) atoms. The minimum atomic E-state index is 0.752. The Balaban J connectivity index is 2.20. The summed E-state index contributed by atoms with van der Waals surface area (Å²) < 4.78 is 2.01. The second kappa shape index (κ2) is 4.29. The largest absolute Gasteiger partial charge is 0.369 e. The van der Waals surface area contributed by atoms with Crippen LogP contribution in [-0.2, 0) is 13.0 Å². The molecule has 92 valence electrons. The van der Waals surface area contributed by atoms with Gasteiger partial charge in [-0.2, -0.15) is 5.10 Å². The van der Waals surface area contributed by atoms with Crippen molar-refractivity contribution in [1.82, 2.24) is 14.8 Å². The zero-order valence-corrected chi connectivity index (χ0v) is 10.5. The third kappa shape index (κ3) is 1.61. The summed E-state index contributed by atoms with van der Waals surface area (Å²) >= 11 is 0. The summed E-state index contributed by atoms with van der Waals surface area (Å²) in [5.74, 6) is 0.930. The van der Waals surface area contributed by atoms with Crippen molar-refractivity contribution < 1.29 is 0 Å². The van der Waals surface area contributed by atoms with Gasteiger partial charge in [0.05, 0.1) is 12.2 Å². The van der Waals surface area contributed by atoms with Crippen LogP contribution in [0, 0.1) is 6.92 Å². The molecule has 0 saturated carbocycles. The average Bonchev–Trinajstić information content (AvgIpc) is 2.60. The maximum absolute atomic E-state index is 4.71. The van der Waals surface area contributed by atoms with E-state index in [1.54, 1.807) is 0 Å². The molecule has 1 aliphatic heterocycles. The third-order valence-electron chi connectivity index (χ3n) is 3.36. The number of nitrogens with one attached hydrogen (secondary N) is 1. The number of nitrogens with zero attached hydrogens (tertiary/aromatic N) is 3. The number of rotatable bonds is 2. The first-order valence-electron chi connectivity index (χ1n) is 6.17. The van der Waals surface area contributed by atoms with Crippen LogP contribution in [0.15, 0.2) is 31.0 Å². The quantitative estimate of drug-likeness (QED) is 0.820. The lowest BCUT2D eigenvalue weighted by Crippen LogP contribution is -2.06. The van der Waals surface area contributed by atoms with Crippen LogP contribution in [0.2, 0.25) is 0 Å². The fourth-order valence-electron chi connectivity index (χ4n) is 2.44. The van der Waals surface area contributed by atoms with Gasteiger partial charge in [-0.15, -0.1) is 6.58 Å². The van der Waals surface area contributed by atoms with Gasteiger partial charge in [-0.3, -0.25) is 4.68 Å². The van der Waals surface area contributed by atoms with E-state index in [1.807, 2.05) is 23.0 Å². The van der Waals surface area contributed by atoms with Crippen LogP contribution in [0.1, 0.15) is 11.3 Å². The number of aromatic nitrogens is 3. The number of pyridine rings is 1. The van der Waals surface area contributed by atoms with E-state index in [-0.39, 0.29) is 0 Å². The van der Waals surface area contributed by atoms with Gasteiger partial charge in [0.2, 0.25) is 0 Å². The molecule has 0 aliphatic carbocycles. The van der Waals surface area contributed by atoms with Gasteiger partial charge in [-0.25, -0.2) is 4.98 Å². The van der Waals surface area contributed by atoms with Crippen molar-refractivity contribution >= 4 is 5.82 Å². The Kier molecular flexibility index (Phi) is 2.63. The summed E-state index contributed by atoms with van der Waals surface area (Å²) in [6, 6.07) is 4.03. The highest BCUT2D eigenvalue weighted by Gasteiger charge is 2.21. The first kappa shape index (κ1) is 11.0. The van der Waals surface area contributed by atoms with Crippen LogP contribution >= 0.6 is 0 Å². The molecule has 0 bridgehead atoms. The molecule has 3 rings (SSSR count). The van der Waals surface area contributed by atoms with Gasteiger partial charge in [0.25, 0.3) is 0 Å². The normalized spacial score (nSPS) is 13.2. The summed E-state index contributed by atoms with van der Waals surface area (Å²) in [6.07, 6.45) is 4.67. The van der Waals surface area contributed by atoms with E-state index in [4.69, 9.17) is 5.10 Å². The average molecular weight is 240 g/mol. The van der Waals surface area contributed by atoms with E-state index in [9.17, 15) is 0 Å². The van der Waals surface area contributed by atoms with Crippen LogP contribution in [0.4, 0.5) is 5.82 Å². The monoisotopic (exact) mass is 240 g/mol. The van der Waals surface area contributed by atoms with Gasteiger partial charge in [0.15, 0.2) is 0 Å². The van der Waals surface area contributed by atoms with Gasteiger partial charge in [-0.05, 0) is 25.5 Å². The number of hydrogen-bond donors (Lipinski definition) is 1. The van der Waals surface area contributed by atoms with Crippen LogP contribution in [0.3, 0.4) is 0 Å². The Morgan fingerprint density at radius 1 is 1.56 bits per heavy atom. The molecular formula is C14H16N4. The molecule has 4 heteroatoms. The summed E-state index contributed by atoms with van der Waals surface area (Å²) in [5.41, 5.74) is 4.69. The molecule has 1 aliphatic rings. The minimum absolute atomic E-state index is 0.752. The Bertz CT molecular complexity index is 598. The predicted octanol–water partition coefficient (Wildman–Crippen LogP) is 2.41. The van der Waals surface area contributed by atoms with Crippen molar-refractivity contribution in [2.24, 2.45) is 0 Å². The smallest absolute Gasteiger partial charge is 0.135 e. The van der Waals surface area contributed by atoms with Crippen LogP contribution in [-0.4, -0.2) is 21.3 Å². The molecule has 0 fully saturated rings. The molecule has 0 atom stereocenters. The van der Waals surface area contributed by atoms with Gasteiger partial charge < -0.3 is 5.32 Å². The lowest BCUT2D eigenvalue weighted by molar-refractivity contribution is 0.679. The molecule has 3 heterocycles. The van der Waals surface area contributed by atoms with Crippen LogP contribution in [0.5, 0.6) is 0 Å². The number of fused-ring (bicyclic) bond motifs is 3. The van der Waals surface area contributed by atoms with Crippen LogP contribution < -0.4 is 5.32 Å². The summed E-state index contributed by atoms with van der Waals surface area (Å²) in [4.78, 5) is 4.38. The van der Waals surface area contributed by atoms with E-state index >= 15 is 0 Å². The lowest BCUT2D eigenvalue weighted by Gasteiger charge is -2.05. The molecule has 0 aromatic carbocycles. The Morgan fingerprint density at radius 3 is 3.28 bits per heavy atom. The van der Waals surface area contributed by atoms with E-state index in [0.29, 0.717) is 0 Å². The molecule has 0 amide bonds. The molecule has 1 N–H and O–H groups in total. The van der Waals surface area contributed by atoms with E-state index < -0.39 is 0 Å². The first-order chi connectivity index (χ1) is 8.81. The summed E-state index contributed by atoms with van der Waals surface area (Å²) in [7, 11) is 0. The van der Waals surface area contributed by atoms with Crippen molar-refractivity contribution in [3.8, 4) is 11.3 Å². The van der Waals surface area contributed by atoms with Crippen molar-refractivity contribution in [2.45, 2.75) is 19.9 Å². The fraction of sp³-hybridized carbons (Fsp3) is 0.286. The highest BCUT2D eigenvalue weighted by molar-refractivity contribution is 5.76. The van der Waals surface area contributed by atoms with Gasteiger partial charge in [0, 0.05) is 29.6 Å². The number of anilines is 1.